The summed E-state index contributed by atoms with van der Waals surface area (Å²) in [6, 6.07) is 8.28. The van der Waals surface area contributed by atoms with E-state index in [-0.39, 0.29) is 6.04 Å². The number of ether oxygens (including phenoxy) is 1. The van der Waals surface area contributed by atoms with E-state index in [1.807, 2.05) is 18.2 Å². The van der Waals surface area contributed by atoms with Crippen molar-refractivity contribution in [1.29, 1.82) is 0 Å². The van der Waals surface area contributed by atoms with Crippen LogP contribution in [0.15, 0.2) is 36.9 Å². The molecule has 16 heavy (non-hydrogen) atoms. The molecule has 0 saturated heterocycles. The lowest BCUT2D eigenvalue weighted by molar-refractivity contribution is 0.108. The van der Waals surface area contributed by atoms with E-state index in [1.54, 1.807) is 0 Å². The Labute approximate surface area is 106 Å². The predicted molar refractivity (Wildman–Crippen MR) is 71.5 cm³/mol. The average Bonchev–Trinajstić information content (AvgIpc) is 2.30. The summed E-state index contributed by atoms with van der Waals surface area (Å²) in [6.45, 7) is 4.84. The van der Waals surface area contributed by atoms with Crippen LogP contribution in [0.25, 0.3) is 0 Å². The van der Waals surface area contributed by atoms with Crippen LogP contribution >= 0.6 is 15.9 Å². The number of benzene rings is 1. The number of hydrogen-bond donors (Lipinski definition) is 1. The second-order valence-corrected chi connectivity index (χ2v) is 4.26. The highest BCUT2D eigenvalue weighted by Gasteiger charge is 2.03. The first-order valence-electron chi connectivity index (χ1n) is 5.35. The lowest BCUT2D eigenvalue weighted by atomic mass is 10.1. The van der Waals surface area contributed by atoms with Crippen molar-refractivity contribution in [3.63, 3.8) is 0 Å². The van der Waals surface area contributed by atoms with E-state index < -0.39 is 0 Å². The number of halogens is 1. The van der Waals surface area contributed by atoms with Crippen molar-refractivity contribution >= 4 is 15.9 Å². The first-order chi connectivity index (χ1) is 7.77. The lowest BCUT2D eigenvalue weighted by Gasteiger charge is -2.11. The Balaban J connectivity index is 2.39. The zero-order valence-electron chi connectivity index (χ0n) is 9.36. The van der Waals surface area contributed by atoms with E-state index in [9.17, 15) is 0 Å². The van der Waals surface area contributed by atoms with Crippen molar-refractivity contribution in [3.8, 4) is 0 Å². The molecule has 0 spiro atoms. The highest BCUT2D eigenvalue weighted by atomic mass is 79.9. The average molecular weight is 284 g/mol. The molecule has 0 aliphatic carbocycles. The van der Waals surface area contributed by atoms with Crippen molar-refractivity contribution in [3.05, 3.63) is 48.0 Å². The summed E-state index contributed by atoms with van der Waals surface area (Å²) in [5, 5.41) is 0.852. The zero-order valence-corrected chi connectivity index (χ0v) is 10.9. The first kappa shape index (κ1) is 13.4. The molecule has 0 saturated carbocycles. The van der Waals surface area contributed by atoms with Gasteiger partial charge < -0.3 is 10.5 Å². The van der Waals surface area contributed by atoms with Gasteiger partial charge in [0.15, 0.2) is 0 Å². The van der Waals surface area contributed by atoms with Crippen LogP contribution in [-0.2, 0) is 16.7 Å². The molecule has 1 rings (SSSR count). The Kier molecular flexibility index (Phi) is 6.38. The van der Waals surface area contributed by atoms with Crippen LogP contribution in [0.2, 0.25) is 0 Å². The van der Waals surface area contributed by atoms with Crippen LogP contribution in [0.3, 0.4) is 0 Å². The Morgan fingerprint density at radius 2 is 2.06 bits per heavy atom. The quantitative estimate of drug-likeness (QED) is 0.617. The van der Waals surface area contributed by atoms with Crippen LogP contribution in [0, 0.1) is 0 Å². The van der Waals surface area contributed by atoms with Crippen molar-refractivity contribution in [2.45, 2.75) is 24.4 Å². The minimum Gasteiger partial charge on any atom is -0.375 e. The molecule has 0 fully saturated rings. The fourth-order valence-corrected chi connectivity index (χ4v) is 1.98. The van der Waals surface area contributed by atoms with E-state index in [1.165, 1.54) is 11.1 Å². The van der Waals surface area contributed by atoms with Gasteiger partial charge in [-0.25, -0.2) is 0 Å². The second kappa shape index (κ2) is 7.60. The summed E-state index contributed by atoms with van der Waals surface area (Å²) in [5.41, 5.74) is 8.29. The molecule has 1 unspecified atom stereocenters. The number of hydrogen-bond acceptors (Lipinski definition) is 2. The number of rotatable bonds is 7. The fourth-order valence-electron chi connectivity index (χ4n) is 1.43. The van der Waals surface area contributed by atoms with Gasteiger partial charge in [0.05, 0.1) is 13.2 Å². The van der Waals surface area contributed by atoms with Crippen LogP contribution in [0.4, 0.5) is 0 Å². The van der Waals surface area contributed by atoms with Gasteiger partial charge >= 0.3 is 0 Å². The summed E-state index contributed by atoms with van der Waals surface area (Å²) in [7, 11) is 0. The summed E-state index contributed by atoms with van der Waals surface area (Å²) in [4.78, 5) is 0. The molecule has 1 atom stereocenters. The molecule has 0 aromatic heterocycles. The van der Waals surface area contributed by atoms with Gasteiger partial charge in [0.2, 0.25) is 0 Å². The Bertz CT molecular complexity index is 327. The monoisotopic (exact) mass is 283 g/mol. The van der Waals surface area contributed by atoms with E-state index >= 15 is 0 Å². The predicted octanol–water partition coefficient (Wildman–Crippen LogP) is 3.00. The SMILES string of the molecule is C=CCC(N)COCc1ccccc1CBr. The summed E-state index contributed by atoms with van der Waals surface area (Å²) in [6.07, 6.45) is 2.61. The normalized spacial score (nSPS) is 12.4. The van der Waals surface area contributed by atoms with Crippen molar-refractivity contribution in [2.24, 2.45) is 5.73 Å². The fraction of sp³-hybridized carbons (Fsp3) is 0.385. The largest absolute Gasteiger partial charge is 0.375 e. The lowest BCUT2D eigenvalue weighted by Crippen LogP contribution is -2.25. The van der Waals surface area contributed by atoms with Crippen LogP contribution in [0.1, 0.15) is 17.5 Å². The maximum Gasteiger partial charge on any atom is 0.0720 e. The van der Waals surface area contributed by atoms with E-state index in [0.717, 1.165) is 11.8 Å². The van der Waals surface area contributed by atoms with Crippen molar-refractivity contribution in [1.82, 2.24) is 0 Å². The van der Waals surface area contributed by atoms with Gasteiger partial charge in [-0.1, -0.05) is 46.3 Å². The van der Waals surface area contributed by atoms with Gasteiger partial charge in [0.1, 0.15) is 0 Å². The van der Waals surface area contributed by atoms with Gasteiger partial charge in [0, 0.05) is 11.4 Å². The summed E-state index contributed by atoms with van der Waals surface area (Å²) < 4.78 is 5.58. The van der Waals surface area contributed by atoms with Gasteiger partial charge in [-0.2, -0.15) is 0 Å². The van der Waals surface area contributed by atoms with E-state index in [2.05, 4.69) is 34.6 Å². The topological polar surface area (TPSA) is 35.2 Å². The van der Waals surface area contributed by atoms with E-state index in [0.29, 0.717) is 13.2 Å². The third-order valence-electron chi connectivity index (χ3n) is 2.32. The smallest absolute Gasteiger partial charge is 0.0720 e. The molecule has 0 aliphatic heterocycles. The molecule has 0 heterocycles. The molecule has 88 valence electrons. The molecule has 0 radical (unpaired) electrons. The molecule has 1 aromatic rings. The number of nitrogens with two attached hydrogens (primary N) is 1. The van der Waals surface area contributed by atoms with Gasteiger partial charge in [-0.3, -0.25) is 0 Å². The third kappa shape index (κ3) is 4.47. The molecular formula is C13H18BrNO. The van der Waals surface area contributed by atoms with Crippen molar-refractivity contribution in [2.75, 3.05) is 6.61 Å². The van der Waals surface area contributed by atoms with Gasteiger partial charge in [-0.15, -0.1) is 6.58 Å². The zero-order chi connectivity index (χ0) is 11.8. The van der Waals surface area contributed by atoms with Gasteiger partial charge in [0.25, 0.3) is 0 Å². The second-order valence-electron chi connectivity index (χ2n) is 3.70. The van der Waals surface area contributed by atoms with Crippen molar-refractivity contribution < 1.29 is 4.74 Å². The standard InChI is InChI=1S/C13H18BrNO/c1-2-5-13(15)10-16-9-12-7-4-3-6-11(12)8-14/h2-4,6-7,13H,1,5,8-10,15H2. The van der Waals surface area contributed by atoms with Crippen LogP contribution in [-0.4, -0.2) is 12.6 Å². The Hall–Kier alpha value is -0.640. The minimum atomic E-state index is 0.0497. The minimum absolute atomic E-state index is 0.0497. The molecule has 1 aromatic carbocycles. The molecular weight excluding hydrogens is 266 g/mol. The molecule has 2 nitrogen and oxygen atoms in total. The first-order valence-corrected chi connectivity index (χ1v) is 6.47. The molecule has 0 amide bonds. The van der Waals surface area contributed by atoms with E-state index in [4.69, 9.17) is 10.5 Å². The Morgan fingerprint density at radius 1 is 1.38 bits per heavy atom. The third-order valence-corrected chi connectivity index (χ3v) is 2.93. The number of alkyl halides is 1. The molecule has 2 N–H and O–H groups in total. The molecule has 0 bridgehead atoms. The van der Waals surface area contributed by atoms with Crippen LogP contribution < -0.4 is 5.73 Å². The molecule has 0 aliphatic rings. The van der Waals surface area contributed by atoms with Crippen LogP contribution in [0.5, 0.6) is 0 Å². The summed E-state index contributed by atoms with van der Waals surface area (Å²) >= 11 is 3.46. The maximum absolute atomic E-state index is 5.81. The summed E-state index contributed by atoms with van der Waals surface area (Å²) in [5.74, 6) is 0. The highest BCUT2D eigenvalue weighted by molar-refractivity contribution is 9.08. The molecule has 3 heteroatoms. The van der Waals surface area contributed by atoms with Gasteiger partial charge in [-0.05, 0) is 17.5 Å². The maximum atomic E-state index is 5.81. The highest BCUT2D eigenvalue weighted by Crippen LogP contribution is 2.13. The Morgan fingerprint density at radius 3 is 2.69 bits per heavy atom.